The first-order chi connectivity index (χ1) is 9.25. The van der Waals surface area contributed by atoms with Gasteiger partial charge in [0, 0.05) is 5.75 Å². The van der Waals surface area contributed by atoms with Crippen LogP contribution in [-0.4, -0.2) is 31.4 Å². The van der Waals surface area contributed by atoms with E-state index in [0.29, 0.717) is 16.6 Å². The SMILES string of the molecule is C=Cc1ccc(O[Si](C(C)C)(C(C)C)C(C)C)cc1[CH2-].[Br-].[Mg+2]. The van der Waals surface area contributed by atoms with Gasteiger partial charge in [-0.15, -0.1) is 30.4 Å². The number of hydrogen-bond acceptors (Lipinski definition) is 1. The second kappa shape index (κ2) is 10.1. The van der Waals surface area contributed by atoms with Crippen LogP contribution in [-0.2, 0) is 0 Å². The van der Waals surface area contributed by atoms with Crippen molar-refractivity contribution in [2.75, 3.05) is 0 Å². The summed E-state index contributed by atoms with van der Waals surface area (Å²) in [6.45, 7) is 21.7. The fourth-order valence-corrected chi connectivity index (χ4v) is 8.64. The largest absolute Gasteiger partial charge is 2.00 e. The monoisotopic (exact) mass is 392 g/mol. The van der Waals surface area contributed by atoms with Crippen LogP contribution < -0.4 is 21.4 Å². The molecule has 1 aromatic rings. The zero-order valence-corrected chi connectivity index (χ0v) is 18.9. The van der Waals surface area contributed by atoms with Gasteiger partial charge < -0.3 is 21.4 Å². The Bertz CT molecular complexity index is 450. The van der Waals surface area contributed by atoms with Gasteiger partial charge in [0.2, 0.25) is 0 Å². The Morgan fingerprint density at radius 2 is 1.50 bits per heavy atom. The van der Waals surface area contributed by atoms with Crippen LogP contribution >= 0.6 is 0 Å². The summed E-state index contributed by atoms with van der Waals surface area (Å²) in [5, 5.41) is 0. The second-order valence-corrected chi connectivity index (χ2v) is 11.9. The minimum atomic E-state index is -1.87. The van der Waals surface area contributed by atoms with Crippen molar-refractivity contribution in [1.29, 1.82) is 0 Å². The molecule has 0 aliphatic rings. The van der Waals surface area contributed by atoms with Gasteiger partial charge in [-0.25, -0.2) is 0 Å². The van der Waals surface area contributed by atoms with E-state index in [2.05, 4.69) is 61.1 Å². The summed E-state index contributed by atoms with van der Waals surface area (Å²) in [5.74, 6) is 0.961. The van der Waals surface area contributed by atoms with Crippen molar-refractivity contribution in [1.82, 2.24) is 0 Å². The number of hydrogen-bond donors (Lipinski definition) is 0. The predicted molar refractivity (Wildman–Crippen MR) is 98.4 cm³/mol. The summed E-state index contributed by atoms with van der Waals surface area (Å²) in [4.78, 5) is 0. The van der Waals surface area contributed by atoms with Crippen molar-refractivity contribution < 1.29 is 21.4 Å². The van der Waals surface area contributed by atoms with Crippen molar-refractivity contribution in [3.63, 3.8) is 0 Å². The molecule has 0 unspecified atom stereocenters. The molecule has 0 aromatic heterocycles. The molecule has 0 aliphatic carbocycles. The van der Waals surface area contributed by atoms with Crippen molar-refractivity contribution in [3.05, 3.63) is 42.8 Å². The van der Waals surface area contributed by atoms with Crippen LogP contribution in [0.1, 0.15) is 52.7 Å². The first kappa shape index (κ1) is 24.3. The molecule has 0 heterocycles. The van der Waals surface area contributed by atoms with E-state index in [-0.39, 0.29) is 40.0 Å². The van der Waals surface area contributed by atoms with Crippen LogP contribution in [0.5, 0.6) is 5.75 Å². The molecule has 0 N–H and O–H groups in total. The van der Waals surface area contributed by atoms with Crippen molar-refractivity contribution in [3.8, 4) is 5.75 Å². The normalized spacial score (nSPS) is 11.1. The Kier molecular flexibility index (Phi) is 11.1. The zero-order valence-electron chi connectivity index (χ0n) is 14.9. The van der Waals surface area contributed by atoms with E-state index in [1.54, 1.807) is 0 Å². The maximum absolute atomic E-state index is 6.63. The Morgan fingerprint density at radius 1 is 1.05 bits per heavy atom. The van der Waals surface area contributed by atoms with Crippen LogP contribution in [0.4, 0.5) is 0 Å². The van der Waals surface area contributed by atoms with Crippen LogP contribution in [0.3, 0.4) is 0 Å². The molecule has 0 fully saturated rings. The minimum Gasteiger partial charge on any atom is -1.00 e. The van der Waals surface area contributed by atoms with Crippen molar-refractivity contribution in [2.24, 2.45) is 0 Å². The molecule has 1 nitrogen and oxygen atoms in total. The molecular formula is C18H29BrMgOSi. The summed E-state index contributed by atoms with van der Waals surface area (Å²) in [7, 11) is -1.87. The maximum Gasteiger partial charge on any atom is 2.00 e. The molecule has 120 valence electrons. The fourth-order valence-electron chi connectivity index (χ4n) is 3.40. The number of halogens is 1. The first-order valence-corrected chi connectivity index (χ1v) is 9.67. The Hall–Kier alpha value is 0.0931. The molecule has 0 saturated carbocycles. The summed E-state index contributed by atoms with van der Waals surface area (Å²) >= 11 is 0. The van der Waals surface area contributed by atoms with Gasteiger partial charge in [-0.3, -0.25) is 0 Å². The van der Waals surface area contributed by atoms with Gasteiger partial charge in [-0.2, -0.15) is 12.5 Å². The molecule has 0 atom stereocenters. The third-order valence-electron chi connectivity index (χ3n) is 4.34. The van der Waals surface area contributed by atoms with E-state index in [4.69, 9.17) is 4.43 Å². The van der Waals surface area contributed by atoms with Gasteiger partial charge in [0.05, 0.1) is 0 Å². The molecular weight excluding hydrogens is 364 g/mol. The van der Waals surface area contributed by atoms with Gasteiger partial charge >= 0.3 is 23.1 Å². The summed E-state index contributed by atoms with van der Waals surface area (Å²) < 4.78 is 6.63. The smallest absolute Gasteiger partial charge is 1.00 e. The van der Waals surface area contributed by atoms with Crippen LogP contribution in [0.15, 0.2) is 24.8 Å². The van der Waals surface area contributed by atoms with Gasteiger partial charge in [-0.05, 0) is 22.7 Å². The van der Waals surface area contributed by atoms with E-state index in [9.17, 15) is 0 Å². The minimum absolute atomic E-state index is 0. The average Bonchev–Trinajstić information content (AvgIpc) is 2.34. The fraction of sp³-hybridized carbons (Fsp3) is 0.500. The molecule has 1 rings (SSSR count). The molecule has 1 aromatic carbocycles. The van der Waals surface area contributed by atoms with E-state index in [1.165, 1.54) is 0 Å². The van der Waals surface area contributed by atoms with Crippen LogP contribution in [0.2, 0.25) is 16.6 Å². The zero-order chi connectivity index (χ0) is 15.5. The van der Waals surface area contributed by atoms with E-state index in [1.807, 2.05) is 18.2 Å². The third kappa shape index (κ3) is 5.05. The summed E-state index contributed by atoms with van der Waals surface area (Å²) in [6.07, 6.45) is 1.84. The topological polar surface area (TPSA) is 9.23 Å². The Morgan fingerprint density at radius 3 is 1.82 bits per heavy atom. The van der Waals surface area contributed by atoms with Crippen LogP contribution in [0, 0.1) is 6.92 Å². The van der Waals surface area contributed by atoms with E-state index < -0.39 is 8.32 Å². The number of rotatable bonds is 6. The third-order valence-corrected chi connectivity index (χ3v) is 10.3. The van der Waals surface area contributed by atoms with E-state index in [0.717, 1.165) is 16.9 Å². The number of benzene rings is 1. The van der Waals surface area contributed by atoms with E-state index >= 15 is 0 Å². The van der Waals surface area contributed by atoms with Crippen molar-refractivity contribution in [2.45, 2.75) is 58.2 Å². The molecule has 4 heteroatoms. The molecule has 0 amide bonds. The van der Waals surface area contributed by atoms with Crippen molar-refractivity contribution >= 4 is 37.4 Å². The Balaban J connectivity index is 0. The maximum atomic E-state index is 6.63. The second-order valence-electron chi connectivity index (χ2n) is 6.48. The van der Waals surface area contributed by atoms with Gasteiger partial charge in [-0.1, -0.05) is 41.5 Å². The standard InChI is InChI=1S/C18H29OSi.BrH.Mg/c1-9-17-10-11-18(12-16(17)8)19-20(13(2)3,14(4)5)15(6)7;;/h9-15H,1,8H2,2-7H3;1H;/q-1;;+2/p-1. The van der Waals surface area contributed by atoms with Gasteiger partial charge in [0.15, 0.2) is 0 Å². The molecule has 0 radical (unpaired) electrons. The summed E-state index contributed by atoms with van der Waals surface area (Å²) in [5.41, 5.74) is 3.79. The molecule has 22 heavy (non-hydrogen) atoms. The molecule has 0 saturated heterocycles. The summed E-state index contributed by atoms with van der Waals surface area (Å²) in [6, 6.07) is 6.15. The van der Waals surface area contributed by atoms with Crippen LogP contribution in [0.25, 0.3) is 6.08 Å². The predicted octanol–water partition coefficient (Wildman–Crippen LogP) is 2.69. The first-order valence-electron chi connectivity index (χ1n) is 7.53. The Labute approximate surface area is 165 Å². The molecule has 0 bridgehead atoms. The van der Waals surface area contributed by atoms with Gasteiger partial charge in [0.25, 0.3) is 8.32 Å². The quantitative estimate of drug-likeness (QED) is 0.533. The average molecular weight is 394 g/mol. The van der Waals surface area contributed by atoms with Gasteiger partial charge in [0.1, 0.15) is 0 Å². The molecule has 0 aliphatic heterocycles. The molecule has 0 spiro atoms.